The minimum Gasteiger partial charge on any atom is -0.342 e. The highest BCUT2D eigenvalue weighted by molar-refractivity contribution is 5.83. The molecule has 0 aromatic heterocycles. The summed E-state index contributed by atoms with van der Waals surface area (Å²) in [5.74, 6) is 3.72. The molecule has 0 heterocycles. The van der Waals surface area contributed by atoms with Gasteiger partial charge in [-0.2, -0.15) is 0 Å². The van der Waals surface area contributed by atoms with E-state index < -0.39 is 0 Å². The van der Waals surface area contributed by atoms with Gasteiger partial charge in [-0.3, -0.25) is 4.79 Å². The standard InChI is InChI=1S/C16H27NO/c1-6-14(13(4)5)17-15(18)16(11-12(2)3)9-7-8-10-16/h1,12-14H,7-11H2,2-5H3,(H,17,18). The Kier molecular flexibility index (Phi) is 5.26. The van der Waals surface area contributed by atoms with Gasteiger partial charge in [0.05, 0.1) is 6.04 Å². The summed E-state index contributed by atoms with van der Waals surface area (Å²) in [5, 5.41) is 3.08. The monoisotopic (exact) mass is 249 g/mol. The average Bonchev–Trinajstić information content (AvgIpc) is 2.73. The lowest BCUT2D eigenvalue weighted by Crippen LogP contribution is -2.46. The second-order valence-electron chi connectivity index (χ2n) is 6.45. The smallest absolute Gasteiger partial charge is 0.227 e. The third kappa shape index (κ3) is 3.51. The topological polar surface area (TPSA) is 29.1 Å². The molecule has 2 nitrogen and oxygen atoms in total. The van der Waals surface area contributed by atoms with E-state index >= 15 is 0 Å². The first-order valence-corrected chi connectivity index (χ1v) is 7.18. The van der Waals surface area contributed by atoms with Gasteiger partial charge in [0.25, 0.3) is 0 Å². The zero-order chi connectivity index (χ0) is 13.8. The summed E-state index contributed by atoms with van der Waals surface area (Å²) in [6.45, 7) is 8.48. The third-order valence-electron chi connectivity index (χ3n) is 3.97. The van der Waals surface area contributed by atoms with Crippen LogP contribution in [0.15, 0.2) is 0 Å². The molecule has 1 N–H and O–H groups in total. The highest BCUT2D eigenvalue weighted by atomic mass is 16.2. The molecule has 1 aliphatic rings. The Bertz CT molecular complexity index is 318. The number of hydrogen-bond acceptors (Lipinski definition) is 1. The first kappa shape index (κ1) is 15.1. The Morgan fingerprint density at radius 1 is 1.28 bits per heavy atom. The van der Waals surface area contributed by atoms with Crippen LogP contribution in [0.3, 0.4) is 0 Å². The van der Waals surface area contributed by atoms with E-state index in [0.29, 0.717) is 5.92 Å². The van der Waals surface area contributed by atoms with E-state index in [1.165, 1.54) is 12.8 Å². The lowest BCUT2D eigenvalue weighted by molar-refractivity contribution is -0.132. The maximum Gasteiger partial charge on any atom is 0.227 e. The van der Waals surface area contributed by atoms with Crippen LogP contribution in [0.25, 0.3) is 0 Å². The molecule has 0 aromatic rings. The predicted molar refractivity (Wildman–Crippen MR) is 76.0 cm³/mol. The normalized spacial score (nSPS) is 19.8. The van der Waals surface area contributed by atoms with Crippen molar-refractivity contribution in [2.24, 2.45) is 17.3 Å². The van der Waals surface area contributed by atoms with E-state index in [4.69, 9.17) is 6.42 Å². The van der Waals surface area contributed by atoms with Gasteiger partial charge in [-0.15, -0.1) is 6.42 Å². The summed E-state index contributed by atoms with van der Waals surface area (Å²) < 4.78 is 0. The molecule has 2 heteroatoms. The quantitative estimate of drug-likeness (QED) is 0.744. The van der Waals surface area contributed by atoms with Crippen molar-refractivity contribution in [3.63, 3.8) is 0 Å². The van der Waals surface area contributed by atoms with Gasteiger partial charge in [0.2, 0.25) is 5.91 Å². The van der Waals surface area contributed by atoms with Crippen molar-refractivity contribution in [2.45, 2.75) is 65.8 Å². The molecule has 102 valence electrons. The number of carbonyl (C=O) groups is 1. The maximum absolute atomic E-state index is 12.6. The largest absolute Gasteiger partial charge is 0.342 e. The van der Waals surface area contributed by atoms with Gasteiger partial charge < -0.3 is 5.32 Å². The Labute approximate surface area is 112 Å². The van der Waals surface area contributed by atoms with Crippen LogP contribution < -0.4 is 5.32 Å². The van der Waals surface area contributed by atoms with Crippen molar-refractivity contribution in [2.75, 3.05) is 0 Å². The Morgan fingerprint density at radius 2 is 1.83 bits per heavy atom. The van der Waals surface area contributed by atoms with Crippen LogP contribution in [-0.4, -0.2) is 11.9 Å². The molecule has 0 radical (unpaired) electrons. The fraction of sp³-hybridized carbons (Fsp3) is 0.812. The molecule has 1 atom stereocenters. The molecule has 0 aliphatic heterocycles. The van der Waals surface area contributed by atoms with Crippen LogP contribution in [0.1, 0.15) is 59.8 Å². The van der Waals surface area contributed by atoms with E-state index in [9.17, 15) is 4.79 Å². The second kappa shape index (κ2) is 6.27. The van der Waals surface area contributed by atoms with Crippen LogP contribution in [0.2, 0.25) is 0 Å². The molecule has 0 spiro atoms. The van der Waals surface area contributed by atoms with Gasteiger partial charge in [-0.05, 0) is 31.1 Å². The molecule has 18 heavy (non-hydrogen) atoms. The molecular weight excluding hydrogens is 222 g/mol. The second-order valence-corrected chi connectivity index (χ2v) is 6.45. The fourth-order valence-electron chi connectivity index (χ4n) is 3.05. The van der Waals surface area contributed by atoms with E-state index in [-0.39, 0.29) is 23.3 Å². The molecular formula is C16H27NO. The van der Waals surface area contributed by atoms with Crippen molar-refractivity contribution in [3.8, 4) is 12.3 Å². The van der Waals surface area contributed by atoms with E-state index in [1.807, 2.05) is 0 Å². The third-order valence-corrected chi connectivity index (χ3v) is 3.97. The predicted octanol–water partition coefficient (Wildman–Crippen LogP) is 3.37. The van der Waals surface area contributed by atoms with Crippen molar-refractivity contribution in [3.05, 3.63) is 0 Å². The highest BCUT2D eigenvalue weighted by Gasteiger charge is 2.41. The molecule has 1 aliphatic carbocycles. The Balaban J connectivity index is 2.75. The molecule has 1 fully saturated rings. The summed E-state index contributed by atoms with van der Waals surface area (Å²) in [6.07, 6.45) is 10.9. The van der Waals surface area contributed by atoms with Crippen LogP contribution in [-0.2, 0) is 4.79 Å². The summed E-state index contributed by atoms with van der Waals surface area (Å²) in [4.78, 5) is 12.6. The fourth-order valence-corrected chi connectivity index (χ4v) is 3.05. The number of rotatable bonds is 5. The minimum atomic E-state index is -0.155. The van der Waals surface area contributed by atoms with Gasteiger partial charge >= 0.3 is 0 Å². The van der Waals surface area contributed by atoms with Crippen molar-refractivity contribution >= 4 is 5.91 Å². The van der Waals surface area contributed by atoms with Crippen LogP contribution >= 0.6 is 0 Å². The van der Waals surface area contributed by atoms with E-state index in [2.05, 4.69) is 38.9 Å². The van der Waals surface area contributed by atoms with Gasteiger partial charge in [0.15, 0.2) is 0 Å². The zero-order valence-corrected chi connectivity index (χ0v) is 12.3. The zero-order valence-electron chi connectivity index (χ0n) is 12.3. The van der Waals surface area contributed by atoms with Crippen molar-refractivity contribution < 1.29 is 4.79 Å². The molecule has 0 saturated heterocycles. The Hall–Kier alpha value is -0.970. The van der Waals surface area contributed by atoms with Crippen LogP contribution in [0, 0.1) is 29.6 Å². The number of hydrogen-bond donors (Lipinski definition) is 1. The number of terminal acetylenes is 1. The lowest BCUT2D eigenvalue weighted by Gasteiger charge is -2.31. The van der Waals surface area contributed by atoms with Crippen molar-refractivity contribution in [1.82, 2.24) is 5.32 Å². The average molecular weight is 249 g/mol. The number of carbonyl (C=O) groups excluding carboxylic acids is 1. The molecule has 0 bridgehead atoms. The number of nitrogens with one attached hydrogen (secondary N) is 1. The lowest BCUT2D eigenvalue weighted by atomic mass is 9.77. The number of amides is 1. The van der Waals surface area contributed by atoms with Gasteiger partial charge in [-0.1, -0.05) is 46.5 Å². The summed E-state index contributed by atoms with van der Waals surface area (Å²) in [6, 6.07) is -0.137. The minimum absolute atomic E-state index is 0.137. The summed E-state index contributed by atoms with van der Waals surface area (Å²) in [7, 11) is 0. The molecule has 1 rings (SSSR count). The van der Waals surface area contributed by atoms with Crippen LogP contribution in [0.5, 0.6) is 0 Å². The summed E-state index contributed by atoms with van der Waals surface area (Å²) >= 11 is 0. The van der Waals surface area contributed by atoms with Crippen molar-refractivity contribution in [1.29, 1.82) is 0 Å². The summed E-state index contributed by atoms with van der Waals surface area (Å²) in [5.41, 5.74) is -0.155. The van der Waals surface area contributed by atoms with Gasteiger partial charge in [-0.25, -0.2) is 0 Å². The Morgan fingerprint density at radius 3 is 2.22 bits per heavy atom. The molecule has 0 aromatic carbocycles. The van der Waals surface area contributed by atoms with Gasteiger partial charge in [0.1, 0.15) is 0 Å². The van der Waals surface area contributed by atoms with E-state index in [0.717, 1.165) is 19.3 Å². The van der Waals surface area contributed by atoms with Crippen LogP contribution in [0.4, 0.5) is 0 Å². The molecule has 1 amide bonds. The SMILES string of the molecule is C#CC(NC(=O)C1(CC(C)C)CCCC1)C(C)C. The highest BCUT2D eigenvalue weighted by Crippen LogP contribution is 2.43. The van der Waals surface area contributed by atoms with E-state index in [1.54, 1.807) is 0 Å². The first-order valence-electron chi connectivity index (χ1n) is 7.18. The first-order chi connectivity index (χ1) is 8.41. The maximum atomic E-state index is 12.6. The molecule has 1 unspecified atom stereocenters. The van der Waals surface area contributed by atoms with Gasteiger partial charge in [0, 0.05) is 5.41 Å². The molecule has 1 saturated carbocycles.